The van der Waals surface area contributed by atoms with Crippen molar-refractivity contribution in [2.24, 2.45) is 0 Å². The Bertz CT molecular complexity index is 355. The summed E-state index contributed by atoms with van der Waals surface area (Å²) in [7, 11) is 0. The van der Waals surface area contributed by atoms with Crippen LogP contribution in [0, 0.1) is 0 Å². The summed E-state index contributed by atoms with van der Waals surface area (Å²) in [6.45, 7) is 0. The zero-order chi connectivity index (χ0) is 12.9. The molecule has 0 aliphatic heterocycles. The first-order chi connectivity index (χ1) is 8.01. The van der Waals surface area contributed by atoms with Crippen molar-refractivity contribution < 1.29 is 4.79 Å². The summed E-state index contributed by atoms with van der Waals surface area (Å²) in [4.78, 5) is 15.4. The first-order valence-electron chi connectivity index (χ1n) is 4.78. The van der Waals surface area contributed by atoms with Gasteiger partial charge in [-0.1, -0.05) is 23.2 Å². The Balaban J connectivity index is 2.84. The molecule has 1 aromatic rings. The maximum Gasteiger partial charge on any atom is 0.222 e. The lowest BCUT2D eigenvalue weighted by atomic mass is 10.3. The predicted molar refractivity (Wildman–Crippen MR) is 69.9 cm³/mol. The lowest BCUT2D eigenvalue weighted by Crippen LogP contribution is -2.43. The molecule has 0 fully saturated rings. The Hall–Kier alpha value is -0.160. The minimum atomic E-state index is -1.33. The number of rotatable bonds is 6. The van der Waals surface area contributed by atoms with Gasteiger partial charge in [0.2, 0.25) is 5.91 Å². The molecule has 0 spiro atoms. The van der Waals surface area contributed by atoms with E-state index >= 15 is 0 Å². The highest BCUT2D eigenvalue weighted by atomic mass is 35.5. The number of hydrogen-bond acceptors (Lipinski definition) is 2. The van der Waals surface area contributed by atoms with Crippen LogP contribution >= 0.6 is 46.4 Å². The summed E-state index contributed by atoms with van der Waals surface area (Å²) >= 11 is 23.3. The zero-order valence-corrected chi connectivity index (χ0v) is 11.8. The van der Waals surface area contributed by atoms with Crippen molar-refractivity contribution in [2.75, 3.05) is 11.8 Å². The van der Waals surface area contributed by atoms with E-state index in [1.165, 1.54) is 6.33 Å². The number of alkyl halides is 4. The van der Waals surface area contributed by atoms with E-state index in [-0.39, 0.29) is 24.1 Å². The van der Waals surface area contributed by atoms with Gasteiger partial charge in [-0.2, -0.15) is 0 Å². The molecule has 1 aromatic heterocycles. The third-order valence-corrected chi connectivity index (χ3v) is 3.59. The highest BCUT2D eigenvalue weighted by Gasteiger charge is 2.36. The second-order valence-electron chi connectivity index (χ2n) is 3.31. The summed E-state index contributed by atoms with van der Waals surface area (Å²) < 4.78 is 0.249. The minimum absolute atomic E-state index is 0.0416. The first-order valence-corrected chi connectivity index (χ1v) is 6.60. The molecule has 0 saturated carbocycles. The van der Waals surface area contributed by atoms with Gasteiger partial charge in [0, 0.05) is 24.7 Å². The van der Waals surface area contributed by atoms with Crippen LogP contribution in [-0.4, -0.2) is 31.6 Å². The number of carbonyl (C=O) groups excluding carboxylic acids is 1. The average Bonchev–Trinajstić information content (AvgIpc) is 2.79. The number of nitrogens with one attached hydrogen (secondary N) is 1. The van der Waals surface area contributed by atoms with Crippen molar-refractivity contribution in [2.45, 2.75) is 16.9 Å². The van der Waals surface area contributed by atoms with Crippen LogP contribution in [0.2, 0.25) is 0 Å². The molecule has 0 aliphatic rings. The normalized spacial score (nSPS) is 13.4. The molecule has 1 atom stereocenters. The topological polar surface area (TPSA) is 46.9 Å². The Kier molecular flexibility index (Phi) is 5.86. The molecule has 4 nitrogen and oxygen atoms in total. The summed E-state index contributed by atoms with van der Waals surface area (Å²) in [5.41, 5.74) is 0. The van der Waals surface area contributed by atoms with E-state index in [1.54, 1.807) is 17.0 Å². The van der Waals surface area contributed by atoms with Crippen molar-refractivity contribution in [3.8, 4) is 0 Å². The number of halogens is 4. The Morgan fingerprint density at radius 3 is 2.65 bits per heavy atom. The van der Waals surface area contributed by atoms with E-state index in [9.17, 15) is 4.79 Å². The molecule has 1 amide bonds. The van der Waals surface area contributed by atoms with Crippen molar-refractivity contribution in [1.29, 1.82) is 0 Å². The van der Waals surface area contributed by atoms with Crippen LogP contribution in [0.15, 0.2) is 18.7 Å². The quantitative estimate of drug-likeness (QED) is 0.819. The summed E-state index contributed by atoms with van der Waals surface area (Å²) in [6.07, 6.45) is 4.18. The molecule has 8 heteroatoms. The molecule has 1 rings (SSSR count). The highest BCUT2D eigenvalue weighted by Crippen LogP contribution is 2.33. The van der Waals surface area contributed by atoms with E-state index in [0.717, 1.165) is 0 Å². The molecule has 0 bridgehead atoms. The van der Waals surface area contributed by atoms with E-state index in [1.807, 2.05) is 0 Å². The third-order valence-electron chi connectivity index (χ3n) is 2.02. The second kappa shape index (κ2) is 6.69. The molecule has 1 heterocycles. The molecule has 17 heavy (non-hydrogen) atoms. The van der Waals surface area contributed by atoms with Gasteiger partial charge in [0.25, 0.3) is 0 Å². The Morgan fingerprint density at radius 2 is 2.18 bits per heavy atom. The van der Waals surface area contributed by atoms with Gasteiger partial charge in [0.05, 0.1) is 12.2 Å². The van der Waals surface area contributed by atoms with Crippen LogP contribution in [0.5, 0.6) is 0 Å². The SMILES string of the molecule is O=C(CCCl)NC(n1ccnc1)C(Cl)(Cl)CCl. The standard InChI is InChI=1S/C9H11Cl4N3O/c10-2-1-7(17)15-8(9(12,13)5-11)16-4-3-14-6-16/h3-4,6,8H,1-2,5H2,(H,15,17). The minimum Gasteiger partial charge on any atom is -0.333 e. The number of amides is 1. The van der Waals surface area contributed by atoms with Crippen LogP contribution in [0.1, 0.15) is 12.6 Å². The van der Waals surface area contributed by atoms with Crippen molar-refractivity contribution >= 4 is 52.3 Å². The number of hydrogen-bond donors (Lipinski definition) is 1. The van der Waals surface area contributed by atoms with Crippen LogP contribution < -0.4 is 5.32 Å². The van der Waals surface area contributed by atoms with E-state index in [4.69, 9.17) is 46.4 Å². The van der Waals surface area contributed by atoms with Gasteiger partial charge >= 0.3 is 0 Å². The first kappa shape index (κ1) is 14.9. The lowest BCUT2D eigenvalue weighted by molar-refractivity contribution is -0.122. The Morgan fingerprint density at radius 1 is 1.47 bits per heavy atom. The number of imidazole rings is 1. The van der Waals surface area contributed by atoms with E-state index in [2.05, 4.69) is 10.3 Å². The van der Waals surface area contributed by atoms with Gasteiger partial charge in [0.1, 0.15) is 6.17 Å². The van der Waals surface area contributed by atoms with Crippen LogP contribution in [-0.2, 0) is 4.79 Å². The average molecular weight is 319 g/mol. The monoisotopic (exact) mass is 317 g/mol. The molecular formula is C9H11Cl4N3O. The van der Waals surface area contributed by atoms with Crippen LogP contribution in [0.25, 0.3) is 0 Å². The van der Waals surface area contributed by atoms with Gasteiger partial charge in [-0.15, -0.1) is 23.2 Å². The summed E-state index contributed by atoms with van der Waals surface area (Å²) in [6, 6.07) is 0. The molecule has 96 valence electrons. The molecule has 1 N–H and O–H groups in total. The van der Waals surface area contributed by atoms with E-state index in [0.29, 0.717) is 0 Å². The van der Waals surface area contributed by atoms with Gasteiger partial charge in [-0.25, -0.2) is 4.98 Å². The van der Waals surface area contributed by atoms with Gasteiger partial charge in [-0.3, -0.25) is 4.79 Å². The largest absolute Gasteiger partial charge is 0.333 e. The fraction of sp³-hybridized carbons (Fsp3) is 0.556. The third kappa shape index (κ3) is 4.21. The molecular weight excluding hydrogens is 308 g/mol. The molecule has 1 unspecified atom stereocenters. The fourth-order valence-electron chi connectivity index (χ4n) is 1.20. The highest BCUT2D eigenvalue weighted by molar-refractivity contribution is 6.51. The van der Waals surface area contributed by atoms with Crippen molar-refractivity contribution in [3.63, 3.8) is 0 Å². The van der Waals surface area contributed by atoms with Crippen LogP contribution in [0.3, 0.4) is 0 Å². The van der Waals surface area contributed by atoms with Crippen LogP contribution in [0.4, 0.5) is 0 Å². The molecule has 0 saturated heterocycles. The van der Waals surface area contributed by atoms with Gasteiger partial charge in [-0.05, 0) is 0 Å². The number of aromatic nitrogens is 2. The summed E-state index contributed by atoms with van der Waals surface area (Å²) in [5, 5.41) is 2.66. The second-order valence-corrected chi connectivity index (χ2v) is 5.50. The predicted octanol–water partition coefficient (Wildman–Crippen LogP) is 2.54. The van der Waals surface area contributed by atoms with Crippen molar-refractivity contribution in [1.82, 2.24) is 14.9 Å². The maximum atomic E-state index is 11.5. The molecule has 0 aliphatic carbocycles. The van der Waals surface area contributed by atoms with E-state index < -0.39 is 10.5 Å². The smallest absolute Gasteiger partial charge is 0.222 e. The Labute approximate surface area is 119 Å². The zero-order valence-electron chi connectivity index (χ0n) is 8.75. The lowest BCUT2D eigenvalue weighted by Gasteiger charge is -2.29. The number of carbonyl (C=O) groups is 1. The summed E-state index contributed by atoms with van der Waals surface area (Å²) in [5.74, 6) is -0.0735. The fourth-order valence-corrected chi connectivity index (χ4v) is 1.86. The van der Waals surface area contributed by atoms with Crippen molar-refractivity contribution in [3.05, 3.63) is 18.7 Å². The van der Waals surface area contributed by atoms with Gasteiger partial charge in [0.15, 0.2) is 4.33 Å². The molecule has 0 radical (unpaired) electrons. The number of nitrogens with zero attached hydrogens (tertiary/aromatic N) is 2. The molecule has 0 aromatic carbocycles. The van der Waals surface area contributed by atoms with Gasteiger partial charge < -0.3 is 9.88 Å². The maximum absolute atomic E-state index is 11.5.